The summed E-state index contributed by atoms with van der Waals surface area (Å²) in [5.74, 6) is 0.801. The average molecular weight is 340 g/mol. The number of aryl methyl sites for hydroxylation is 1. The summed E-state index contributed by atoms with van der Waals surface area (Å²) in [6.45, 7) is 2.18. The summed E-state index contributed by atoms with van der Waals surface area (Å²) in [4.78, 5) is 15.9. The molecule has 2 aromatic rings. The van der Waals surface area contributed by atoms with Gasteiger partial charge in [0.15, 0.2) is 17.3 Å². The monoisotopic (exact) mass is 340 g/mol. The van der Waals surface area contributed by atoms with E-state index in [2.05, 4.69) is 30.2 Å². The SMILES string of the molecule is CCc1nc(CCNC(=O)Nc2ccc3c(c2)OC(F)(F)O3)no1. The van der Waals surface area contributed by atoms with Crippen LogP contribution in [0.1, 0.15) is 18.6 Å². The molecule has 0 atom stereocenters. The third kappa shape index (κ3) is 3.70. The molecule has 1 aliphatic rings. The van der Waals surface area contributed by atoms with Crippen molar-refractivity contribution in [2.24, 2.45) is 0 Å². The number of benzene rings is 1. The summed E-state index contributed by atoms with van der Waals surface area (Å²) in [7, 11) is 0. The van der Waals surface area contributed by atoms with Gasteiger partial charge in [-0.15, -0.1) is 8.78 Å². The smallest absolute Gasteiger partial charge is 0.395 e. The second kappa shape index (κ2) is 6.30. The number of fused-ring (bicyclic) bond motifs is 1. The largest absolute Gasteiger partial charge is 0.586 e. The Balaban J connectivity index is 1.49. The normalized spacial score (nSPS) is 14.5. The van der Waals surface area contributed by atoms with Crippen LogP contribution < -0.4 is 20.1 Å². The van der Waals surface area contributed by atoms with Gasteiger partial charge in [-0.25, -0.2) is 4.79 Å². The molecule has 128 valence electrons. The zero-order valence-corrected chi connectivity index (χ0v) is 12.6. The molecule has 8 nitrogen and oxygen atoms in total. The van der Waals surface area contributed by atoms with E-state index in [-0.39, 0.29) is 18.0 Å². The standard InChI is InChI=1S/C14H14F2N4O4/c1-2-12-19-11(20-24-12)5-6-17-13(21)18-8-3-4-9-10(7-8)23-14(15,16)22-9/h3-4,7H,2,5-6H2,1H3,(H2,17,18,21). The van der Waals surface area contributed by atoms with Crippen molar-refractivity contribution in [1.82, 2.24) is 15.5 Å². The van der Waals surface area contributed by atoms with Gasteiger partial charge in [0.1, 0.15) is 0 Å². The summed E-state index contributed by atoms with van der Waals surface area (Å²) in [6.07, 6.45) is -2.64. The number of halogens is 2. The quantitative estimate of drug-likeness (QED) is 0.867. The number of aromatic nitrogens is 2. The van der Waals surface area contributed by atoms with Gasteiger partial charge in [0.05, 0.1) is 0 Å². The highest BCUT2D eigenvalue weighted by Crippen LogP contribution is 2.42. The van der Waals surface area contributed by atoms with Crippen LogP contribution in [0.15, 0.2) is 22.7 Å². The number of ether oxygens (including phenoxy) is 2. The molecule has 0 fully saturated rings. The maximum absolute atomic E-state index is 12.9. The molecule has 1 aliphatic heterocycles. The molecular weight excluding hydrogens is 326 g/mol. The van der Waals surface area contributed by atoms with Gasteiger partial charge in [0.2, 0.25) is 5.89 Å². The summed E-state index contributed by atoms with van der Waals surface area (Å²) in [5.41, 5.74) is 0.292. The summed E-state index contributed by atoms with van der Waals surface area (Å²) >= 11 is 0. The van der Waals surface area contributed by atoms with Crippen molar-refractivity contribution >= 4 is 11.7 Å². The fraction of sp³-hybridized carbons (Fsp3) is 0.357. The zero-order valence-electron chi connectivity index (χ0n) is 12.6. The molecule has 0 aliphatic carbocycles. The average Bonchev–Trinajstić information content (AvgIpc) is 3.09. The number of rotatable bonds is 5. The molecule has 2 amide bonds. The van der Waals surface area contributed by atoms with E-state index in [1.807, 2.05) is 6.92 Å². The molecule has 0 unspecified atom stereocenters. The van der Waals surface area contributed by atoms with Crippen LogP contribution in [0.2, 0.25) is 0 Å². The first kappa shape index (κ1) is 16.0. The van der Waals surface area contributed by atoms with Crippen LogP contribution in [-0.4, -0.2) is 29.0 Å². The molecule has 0 saturated carbocycles. The highest BCUT2D eigenvalue weighted by Gasteiger charge is 2.43. The van der Waals surface area contributed by atoms with Crippen LogP contribution in [-0.2, 0) is 12.8 Å². The van der Waals surface area contributed by atoms with Gasteiger partial charge < -0.3 is 24.6 Å². The maximum atomic E-state index is 12.9. The topological polar surface area (TPSA) is 98.5 Å². The molecular formula is C14H14F2N4O4. The zero-order chi connectivity index (χ0) is 17.2. The Morgan fingerprint density at radius 1 is 1.29 bits per heavy atom. The Morgan fingerprint density at radius 2 is 2.08 bits per heavy atom. The molecule has 24 heavy (non-hydrogen) atoms. The van der Waals surface area contributed by atoms with Gasteiger partial charge in [0.25, 0.3) is 0 Å². The Hall–Kier alpha value is -2.91. The van der Waals surface area contributed by atoms with Crippen LogP contribution in [0.3, 0.4) is 0 Å². The first-order valence-corrected chi connectivity index (χ1v) is 7.21. The molecule has 0 radical (unpaired) electrons. The van der Waals surface area contributed by atoms with Crippen molar-refractivity contribution in [3.63, 3.8) is 0 Å². The van der Waals surface area contributed by atoms with E-state index < -0.39 is 12.3 Å². The lowest BCUT2D eigenvalue weighted by atomic mass is 10.3. The van der Waals surface area contributed by atoms with Crippen molar-refractivity contribution in [3.8, 4) is 11.5 Å². The second-order valence-electron chi connectivity index (χ2n) is 4.92. The Morgan fingerprint density at radius 3 is 2.83 bits per heavy atom. The van der Waals surface area contributed by atoms with Crippen molar-refractivity contribution in [2.45, 2.75) is 26.1 Å². The van der Waals surface area contributed by atoms with Crippen LogP contribution in [0.25, 0.3) is 0 Å². The van der Waals surface area contributed by atoms with Gasteiger partial charge in [-0.1, -0.05) is 12.1 Å². The van der Waals surface area contributed by atoms with Crippen LogP contribution in [0, 0.1) is 0 Å². The molecule has 10 heteroatoms. The van der Waals surface area contributed by atoms with Gasteiger partial charge in [0, 0.05) is 31.1 Å². The van der Waals surface area contributed by atoms with Gasteiger partial charge >= 0.3 is 12.3 Å². The van der Waals surface area contributed by atoms with Crippen LogP contribution >= 0.6 is 0 Å². The number of nitrogens with one attached hydrogen (secondary N) is 2. The molecule has 1 aromatic carbocycles. The minimum atomic E-state index is -3.69. The van der Waals surface area contributed by atoms with Gasteiger partial charge in [-0.05, 0) is 12.1 Å². The second-order valence-corrected chi connectivity index (χ2v) is 4.92. The number of alkyl halides is 2. The van der Waals surface area contributed by atoms with E-state index in [1.165, 1.54) is 18.2 Å². The lowest BCUT2D eigenvalue weighted by Crippen LogP contribution is -2.30. The first-order valence-electron chi connectivity index (χ1n) is 7.21. The minimum absolute atomic E-state index is 0.0882. The number of hydrogen-bond donors (Lipinski definition) is 2. The number of anilines is 1. The molecule has 0 bridgehead atoms. The van der Waals surface area contributed by atoms with E-state index in [4.69, 9.17) is 4.52 Å². The number of amides is 2. The molecule has 0 saturated heterocycles. The van der Waals surface area contributed by atoms with Crippen molar-refractivity contribution in [2.75, 3.05) is 11.9 Å². The van der Waals surface area contributed by atoms with E-state index in [1.54, 1.807) is 0 Å². The molecule has 0 spiro atoms. The lowest BCUT2D eigenvalue weighted by molar-refractivity contribution is -0.286. The fourth-order valence-corrected chi connectivity index (χ4v) is 2.03. The first-order chi connectivity index (χ1) is 11.4. The predicted octanol–water partition coefficient (Wildman–Crippen LogP) is 2.32. The summed E-state index contributed by atoms with van der Waals surface area (Å²) in [5, 5.41) is 8.87. The van der Waals surface area contributed by atoms with E-state index >= 15 is 0 Å². The van der Waals surface area contributed by atoms with Gasteiger partial charge in [-0.3, -0.25) is 0 Å². The van der Waals surface area contributed by atoms with E-state index in [0.29, 0.717) is 30.2 Å². The number of carbonyl (C=O) groups is 1. The van der Waals surface area contributed by atoms with Crippen molar-refractivity contribution in [3.05, 3.63) is 29.9 Å². The van der Waals surface area contributed by atoms with E-state index in [9.17, 15) is 13.6 Å². The number of urea groups is 1. The summed E-state index contributed by atoms with van der Waals surface area (Å²) in [6, 6.07) is 3.47. The minimum Gasteiger partial charge on any atom is -0.395 e. The van der Waals surface area contributed by atoms with E-state index in [0.717, 1.165) is 0 Å². The molecule has 3 rings (SSSR count). The number of hydrogen-bond acceptors (Lipinski definition) is 6. The molecule has 2 heterocycles. The Kier molecular flexibility index (Phi) is 4.19. The highest BCUT2D eigenvalue weighted by atomic mass is 19.3. The molecule has 1 aromatic heterocycles. The maximum Gasteiger partial charge on any atom is 0.586 e. The third-order valence-electron chi connectivity index (χ3n) is 3.11. The van der Waals surface area contributed by atoms with Crippen molar-refractivity contribution in [1.29, 1.82) is 0 Å². The highest BCUT2D eigenvalue weighted by molar-refractivity contribution is 5.89. The number of carbonyl (C=O) groups excluding carboxylic acids is 1. The third-order valence-corrected chi connectivity index (χ3v) is 3.11. The van der Waals surface area contributed by atoms with Gasteiger partial charge in [-0.2, -0.15) is 4.98 Å². The Bertz CT molecular complexity index is 750. The molecule has 2 N–H and O–H groups in total. The predicted molar refractivity (Wildman–Crippen MR) is 77.0 cm³/mol. The number of nitrogens with zero attached hydrogens (tertiary/aromatic N) is 2. The van der Waals surface area contributed by atoms with Crippen LogP contribution in [0.4, 0.5) is 19.3 Å². The lowest BCUT2D eigenvalue weighted by Gasteiger charge is -2.07. The fourth-order valence-electron chi connectivity index (χ4n) is 2.03. The van der Waals surface area contributed by atoms with Crippen LogP contribution in [0.5, 0.6) is 11.5 Å². The van der Waals surface area contributed by atoms with Crippen molar-refractivity contribution < 1.29 is 27.6 Å². The Labute approximate surface area is 135 Å². The summed E-state index contributed by atoms with van der Waals surface area (Å²) < 4.78 is 39.4.